The average Bonchev–Trinajstić information content (AvgIpc) is 2.53. The number of rotatable bonds is 5. The largest absolute Gasteiger partial charge is 0.380 e. The third kappa shape index (κ3) is 5.74. The van der Waals surface area contributed by atoms with Crippen LogP contribution >= 0.6 is 23.5 Å². The van der Waals surface area contributed by atoms with Crippen LogP contribution in [-0.4, -0.2) is 29.3 Å². The van der Waals surface area contributed by atoms with Crippen molar-refractivity contribution in [1.29, 1.82) is 0 Å². The maximum atomic E-state index is 4.32. The second kappa shape index (κ2) is 10.6. The van der Waals surface area contributed by atoms with Crippen molar-refractivity contribution in [2.45, 2.75) is 32.9 Å². The number of thioether (sulfide) groups is 2. The molecular formula is C18H27N3S2. The van der Waals surface area contributed by atoms with Crippen LogP contribution in [0.25, 0.3) is 5.57 Å². The van der Waals surface area contributed by atoms with Gasteiger partial charge in [-0.05, 0) is 43.9 Å². The molecule has 1 aromatic heterocycles. The summed E-state index contributed by atoms with van der Waals surface area (Å²) in [4.78, 5) is 1.25. The van der Waals surface area contributed by atoms with Gasteiger partial charge in [0.05, 0.1) is 17.6 Å². The zero-order valence-electron chi connectivity index (χ0n) is 14.8. The minimum absolute atomic E-state index is 0.826. The summed E-state index contributed by atoms with van der Waals surface area (Å²) in [6.07, 6.45) is 11.3. The maximum Gasteiger partial charge on any atom is 0.0958 e. The number of nitrogens with one attached hydrogen (secondary N) is 1. The van der Waals surface area contributed by atoms with Crippen LogP contribution in [0.2, 0.25) is 0 Å². The Balaban J connectivity index is 0.000000816. The first-order valence-electron chi connectivity index (χ1n) is 7.70. The number of nitrogens with zero attached hydrogens (tertiary/aromatic N) is 2. The van der Waals surface area contributed by atoms with Gasteiger partial charge < -0.3 is 5.32 Å². The summed E-state index contributed by atoms with van der Waals surface area (Å²) in [5.41, 5.74) is 5.63. The molecule has 2 rings (SSSR count). The molecular weight excluding hydrogens is 322 g/mol. The number of anilines is 1. The Labute approximate surface area is 149 Å². The molecule has 0 saturated carbocycles. The number of hydrogen-bond acceptors (Lipinski definition) is 5. The van der Waals surface area contributed by atoms with E-state index in [9.17, 15) is 0 Å². The number of aromatic nitrogens is 2. The Bertz CT molecular complexity index is 592. The zero-order chi connectivity index (χ0) is 17.2. The zero-order valence-corrected chi connectivity index (χ0v) is 16.4. The highest BCUT2D eigenvalue weighted by molar-refractivity contribution is 8.02. The van der Waals surface area contributed by atoms with Crippen molar-refractivity contribution in [2.75, 3.05) is 24.4 Å². The van der Waals surface area contributed by atoms with Crippen molar-refractivity contribution in [1.82, 2.24) is 10.2 Å². The predicted octanol–water partition coefficient (Wildman–Crippen LogP) is 5.39. The van der Waals surface area contributed by atoms with Crippen LogP contribution in [0, 0.1) is 0 Å². The van der Waals surface area contributed by atoms with E-state index in [4.69, 9.17) is 0 Å². The number of allylic oxidation sites excluding steroid dienone is 3. The van der Waals surface area contributed by atoms with Crippen molar-refractivity contribution in [2.24, 2.45) is 0 Å². The highest BCUT2D eigenvalue weighted by Crippen LogP contribution is 2.41. The van der Waals surface area contributed by atoms with Gasteiger partial charge in [0.25, 0.3) is 0 Å². The molecule has 5 heteroatoms. The Kier molecular flexibility index (Phi) is 9.10. The van der Waals surface area contributed by atoms with E-state index in [1.54, 1.807) is 11.8 Å². The lowest BCUT2D eigenvalue weighted by molar-refractivity contribution is 0.982. The van der Waals surface area contributed by atoms with E-state index in [1.807, 2.05) is 37.4 Å². The summed E-state index contributed by atoms with van der Waals surface area (Å²) < 4.78 is 0. The van der Waals surface area contributed by atoms with Gasteiger partial charge >= 0.3 is 0 Å². The Hall–Kier alpha value is -1.20. The van der Waals surface area contributed by atoms with Crippen molar-refractivity contribution in [3.8, 4) is 0 Å². The lowest BCUT2D eigenvalue weighted by Gasteiger charge is -2.22. The summed E-state index contributed by atoms with van der Waals surface area (Å²) in [7, 11) is 0. The average molecular weight is 350 g/mol. The SMILES string of the molecule is C=C(C)C1=C(C)c2nncc(NC/C=C/CC)c2CS1.CSC. The van der Waals surface area contributed by atoms with Gasteiger partial charge in [0, 0.05) is 22.8 Å². The van der Waals surface area contributed by atoms with Crippen LogP contribution in [0.4, 0.5) is 5.69 Å². The third-order valence-corrected chi connectivity index (χ3v) is 4.59. The molecule has 0 saturated heterocycles. The van der Waals surface area contributed by atoms with Gasteiger partial charge in [-0.15, -0.1) is 11.8 Å². The van der Waals surface area contributed by atoms with Gasteiger partial charge in [-0.1, -0.05) is 25.7 Å². The first-order valence-corrected chi connectivity index (χ1v) is 10.3. The molecule has 1 aromatic rings. The van der Waals surface area contributed by atoms with Crippen molar-refractivity contribution in [3.63, 3.8) is 0 Å². The lowest BCUT2D eigenvalue weighted by Crippen LogP contribution is -2.10. The molecule has 0 amide bonds. The van der Waals surface area contributed by atoms with Gasteiger partial charge in [0.1, 0.15) is 0 Å². The van der Waals surface area contributed by atoms with Crippen LogP contribution in [0.3, 0.4) is 0 Å². The van der Waals surface area contributed by atoms with Crippen LogP contribution in [0.5, 0.6) is 0 Å². The molecule has 2 heterocycles. The van der Waals surface area contributed by atoms with Crippen LogP contribution < -0.4 is 5.32 Å². The number of fused-ring (bicyclic) bond motifs is 1. The molecule has 1 N–H and O–H groups in total. The maximum absolute atomic E-state index is 4.32. The van der Waals surface area contributed by atoms with E-state index >= 15 is 0 Å². The van der Waals surface area contributed by atoms with Crippen LogP contribution in [-0.2, 0) is 5.75 Å². The van der Waals surface area contributed by atoms with Crippen molar-refractivity contribution in [3.05, 3.63) is 46.7 Å². The van der Waals surface area contributed by atoms with E-state index in [2.05, 4.69) is 48.1 Å². The summed E-state index contributed by atoms with van der Waals surface area (Å²) in [5, 5.41) is 11.9. The van der Waals surface area contributed by atoms with Gasteiger partial charge in [0.15, 0.2) is 0 Å². The Morgan fingerprint density at radius 3 is 2.74 bits per heavy atom. The number of hydrogen-bond donors (Lipinski definition) is 1. The fourth-order valence-electron chi connectivity index (χ4n) is 2.23. The topological polar surface area (TPSA) is 37.8 Å². The first kappa shape index (κ1) is 19.8. The summed E-state index contributed by atoms with van der Waals surface area (Å²) in [6, 6.07) is 0. The quantitative estimate of drug-likeness (QED) is 0.722. The normalized spacial score (nSPS) is 13.4. The molecule has 0 aliphatic carbocycles. The molecule has 3 nitrogen and oxygen atoms in total. The monoisotopic (exact) mass is 349 g/mol. The molecule has 1 aliphatic heterocycles. The predicted molar refractivity (Wildman–Crippen MR) is 108 cm³/mol. The molecule has 0 atom stereocenters. The molecule has 23 heavy (non-hydrogen) atoms. The van der Waals surface area contributed by atoms with Crippen LogP contribution in [0.15, 0.2) is 35.4 Å². The fraction of sp³-hybridized carbons (Fsp3) is 0.444. The first-order chi connectivity index (χ1) is 11.1. The second-order valence-corrected chi connectivity index (χ2v) is 7.08. The summed E-state index contributed by atoms with van der Waals surface area (Å²) >= 11 is 3.58. The van der Waals surface area contributed by atoms with E-state index < -0.39 is 0 Å². The van der Waals surface area contributed by atoms with Gasteiger partial charge in [-0.2, -0.15) is 22.0 Å². The molecule has 0 bridgehead atoms. The Morgan fingerprint density at radius 1 is 1.43 bits per heavy atom. The Morgan fingerprint density at radius 2 is 2.13 bits per heavy atom. The standard InChI is InChI=1S/C16H21N3S.C2H6S/c1-5-6-7-8-17-14-9-18-19-15-12(4)16(11(2)3)20-10-13(14)15;1-3-2/h6-7,9H,2,5,8,10H2,1,3-4H3,(H,17,19);1-2H3/b7-6+;. The lowest BCUT2D eigenvalue weighted by atomic mass is 10.1. The highest BCUT2D eigenvalue weighted by Gasteiger charge is 2.21. The van der Waals surface area contributed by atoms with Crippen molar-refractivity contribution >= 4 is 34.8 Å². The van der Waals surface area contributed by atoms with E-state index in [-0.39, 0.29) is 0 Å². The second-order valence-electron chi connectivity index (χ2n) is 5.28. The van der Waals surface area contributed by atoms with Crippen LogP contribution in [0.1, 0.15) is 38.4 Å². The molecule has 0 radical (unpaired) electrons. The van der Waals surface area contributed by atoms with E-state index in [0.717, 1.165) is 35.7 Å². The summed E-state index contributed by atoms with van der Waals surface area (Å²) in [5.74, 6) is 0.921. The van der Waals surface area contributed by atoms with E-state index in [0.29, 0.717) is 0 Å². The molecule has 0 aromatic carbocycles. The molecule has 1 aliphatic rings. The highest BCUT2D eigenvalue weighted by atomic mass is 32.2. The summed E-state index contributed by atoms with van der Waals surface area (Å²) in [6.45, 7) is 11.1. The van der Waals surface area contributed by atoms with Gasteiger partial charge in [0.2, 0.25) is 0 Å². The third-order valence-electron chi connectivity index (χ3n) is 3.21. The molecule has 126 valence electrons. The van der Waals surface area contributed by atoms with Gasteiger partial charge in [-0.3, -0.25) is 0 Å². The van der Waals surface area contributed by atoms with E-state index in [1.165, 1.54) is 16.0 Å². The van der Waals surface area contributed by atoms with Crippen molar-refractivity contribution < 1.29 is 0 Å². The van der Waals surface area contributed by atoms with Gasteiger partial charge in [-0.25, -0.2) is 0 Å². The molecule has 0 unspecified atom stereocenters. The minimum Gasteiger partial charge on any atom is -0.380 e. The molecule has 0 fully saturated rings. The fourth-order valence-corrected chi connectivity index (χ4v) is 3.37. The molecule has 0 spiro atoms. The smallest absolute Gasteiger partial charge is 0.0958 e. The minimum atomic E-state index is 0.826.